The number of pyridine rings is 1. The normalized spacial score (nSPS) is 28.0. The van der Waals surface area contributed by atoms with Crippen molar-refractivity contribution in [2.24, 2.45) is 11.8 Å². The zero-order valence-electron chi connectivity index (χ0n) is 13.8. The molecule has 1 fully saturated rings. The zero-order valence-corrected chi connectivity index (χ0v) is 13.8. The standard InChI is InChI=1S/C18H26N2O2/c1-12(2)18(22)11-20(10-13(18)3)17(21)15-8-14-6-4-5-7-16(14)19-9-15/h8-9,12-13,22H,4-7,10-11H2,1-3H3/t13-,18-/m0/s1. The summed E-state index contributed by atoms with van der Waals surface area (Å²) >= 11 is 0. The lowest BCUT2D eigenvalue weighted by Crippen LogP contribution is -2.43. The highest BCUT2D eigenvalue weighted by atomic mass is 16.3. The first-order valence-electron chi connectivity index (χ1n) is 8.41. The molecule has 1 aliphatic heterocycles. The molecule has 0 unspecified atom stereocenters. The van der Waals surface area contributed by atoms with Crippen LogP contribution < -0.4 is 0 Å². The first-order chi connectivity index (χ1) is 10.4. The molecule has 22 heavy (non-hydrogen) atoms. The Morgan fingerprint density at radius 1 is 1.41 bits per heavy atom. The van der Waals surface area contributed by atoms with Gasteiger partial charge in [-0.15, -0.1) is 0 Å². The Kier molecular flexibility index (Phi) is 3.98. The molecule has 4 heteroatoms. The van der Waals surface area contributed by atoms with Gasteiger partial charge in [0.05, 0.1) is 17.7 Å². The summed E-state index contributed by atoms with van der Waals surface area (Å²) in [6, 6.07) is 2.02. The van der Waals surface area contributed by atoms with Gasteiger partial charge in [0.15, 0.2) is 0 Å². The van der Waals surface area contributed by atoms with Crippen LogP contribution >= 0.6 is 0 Å². The molecule has 1 aromatic heterocycles. The summed E-state index contributed by atoms with van der Waals surface area (Å²) in [5, 5.41) is 10.8. The van der Waals surface area contributed by atoms with Crippen molar-refractivity contribution in [3.05, 3.63) is 29.1 Å². The van der Waals surface area contributed by atoms with Crippen molar-refractivity contribution < 1.29 is 9.90 Å². The maximum Gasteiger partial charge on any atom is 0.255 e. The molecule has 0 saturated carbocycles. The van der Waals surface area contributed by atoms with E-state index >= 15 is 0 Å². The molecule has 0 spiro atoms. The lowest BCUT2D eigenvalue weighted by atomic mass is 9.82. The van der Waals surface area contributed by atoms with Crippen LogP contribution in [0.25, 0.3) is 0 Å². The molecule has 2 atom stereocenters. The van der Waals surface area contributed by atoms with Gasteiger partial charge in [-0.1, -0.05) is 20.8 Å². The summed E-state index contributed by atoms with van der Waals surface area (Å²) in [6.45, 7) is 7.10. The van der Waals surface area contributed by atoms with E-state index in [9.17, 15) is 9.90 Å². The molecule has 1 saturated heterocycles. The van der Waals surface area contributed by atoms with Crippen molar-refractivity contribution in [2.75, 3.05) is 13.1 Å². The lowest BCUT2D eigenvalue weighted by Gasteiger charge is -2.31. The number of aromatic nitrogens is 1. The second-order valence-electron chi connectivity index (χ2n) is 7.27. The van der Waals surface area contributed by atoms with E-state index in [-0.39, 0.29) is 17.7 Å². The van der Waals surface area contributed by atoms with Gasteiger partial charge in [-0.25, -0.2) is 0 Å². The van der Waals surface area contributed by atoms with Crippen LogP contribution in [0.4, 0.5) is 0 Å². The Labute approximate surface area is 132 Å². The van der Waals surface area contributed by atoms with Crippen LogP contribution in [0.3, 0.4) is 0 Å². The van der Waals surface area contributed by atoms with Crippen molar-refractivity contribution in [2.45, 2.75) is 52.1 Å². The molecule has 0 radical (unpaired) electrons. The van der Waals surface area contributed by atoms with Crippen LogP contribution in [-0.2, 0) is 12.8 Å². The number of fused-ring (bicyclic) bond motifs is 1. The number of likely N-dealkylation sites (tertiary alicyclic amines) is 1. The van der Waals surface area contributed by atoms with Crippen molar-refractivity contribution >= 4 is 5.91 Å². The van der Waals surface area contributed by atoms with E-state index in [1.807, 2.05) is 26.8 Å². The Hall–Kier alpha value is -1.42. The Balaban J connectivity index is 1.80. The molecule has 120 valence electrons. The number of hydrogen-bond acceptors (Lipinski definition) is 3. The first kappa shape index (κ1) is 15.5. The highest BCUT2D eigenvalue weighted by molar-refractivity contribution is 5.94. The van der Waals surface area contributed by atoms with Gasteiger partial charge in [0.25, 0.3) is 5.91 Å². The average Bonchev–Trinajstić information content (AvgIpc) is 2.83. The number of aryl methyl sites for hydroxylation is 2. The molecule has 0 bridgehead atoms. The molecule has 4 nitrogen and oxygen atoms in total. The van der Waals surface area contributed by atoms with E-state index in [4.69, 9.17) is 0 Å². The van der Waals surface area contributed by atoms with Crippen molar-refractivity contribution in [3.63, 3.8) is 0 Å². The van der Waals surface area contributed by atoms with Crippen molar-refractivity contribution in [3.8, 4) is 0 Å². The fraction of sp³-hybridized carbons (Fsp3) is 0.667. The Morgan fingerprint density at radius 2 is 2.14 bits per heavy atom. The van der Waals surface area contributed by atoms with Crippen LogP contribution in [0.15, 0.2) is 12.3 Å². The van der Waals surface area contributed by atoms with Gasteiger partial charge in [-0.2, -0.15) is 0 Å². The van der Waals surface area contributed by atoms with Crippen LogP contribution in [0.5, 0.6) is 0 Å². The third-order valence-electron chi connectivity index (χ3n) is 5.50. The lowest BCUT2D eigenvalue weighted by molar-refractivity contribution is -0.0243. The fourth-order valence-electron chi connectivity index (χ4n) is 3.81. The zero-order chi connectivity index (χ0) is 15.9. The number of rotatable bonds is 2. The molecule has 1 N–H and O–H groups in total. The third-order valence-corrected chi connectivity index (χ3v) is 5.50. The second kappa shape index (κ2) is 5.65. The topological polar surface area (TPSA) is 53.4 Å². The predicted molar refractivity (Wildman–Crippen MR) is 85.7 cm³/mol. The highest BCUT2D eigenvalue weighted by Crippen LogP contribution is 2.34. The molecule has 2 heterocycles. The van der Waals surface area contributed by atoms with Gasteiger partial charge in [-0.05, 0) is 43.2 Å². The van der Waals surface area contributed by atoms with Gasteiger partial charge >= 0.3 is 0 Å². The third kappa shape index (κ3) is 2.54. The molecule has 1 aromatic rings. The quantitative estimate of drug-likeness (QED) is 0.913. The number of carbonyl (C=O) groups excluding carboxylic acids is 1. The molecule has 2 aliphatic rings. The van der Waals surface area contributed by atoms with E-state index in [1.165, 1.54) is 18.4 Å². The minimum Gasteiger partial charge on any atom is -0.387 e. The van der Waals surface area contributed by atoms with E-state index in [2.05, 4.69) is 4.98 Å². The van der Waals surface area contributed by atoms with Crippen molar-refractivity contribution in [1.82, 2.24) is 9.88 Å². The maximum atomic E-state index is 12.8. The minimum atomic E-state index is -0.780. The summed E-state index contributed by atoms with van der Waals surface area (Å²) in [4.78, 5) is 19.0. The number of amides is 1. The number of hydrogen-bond donors (Lipinski definition) is 1. The fourth-order valence-corrected chi connectivity index (χ4v) is 3.81. The minimum absolute atomic E-state index is 0.00398. The maximum absolute atomic E-state index is 12.8. The van der Waals surface area contributed by atoms with E-state index < -0.39 is 5.60 Å². The van der Waals surface area contributed by atoms with E-state index in [0.29, 0.717) is 18.7 Å². The molecular weight excluding hydrogens is 276 g/mol. The number of nitrogens with zero attached hydrogens (tertiary/aromatic N) is 2. The van der Waals surface area contributed by atoms with Gasteiger partial charge in [0.1, 0.15) is 0 Å². The van der Waals surface area contributed by atoms with Crippen molar-refractivity contribution in [1.29, 1.82) is 0 Å². The SMILES string of the molecule is CC(C)[C@@]1(O)CN(C(=O)c2cnc3c(c2)CCCC3)C[C@@H]1C. The monoisotopic (exact) mass is 302 g/mol. The Bertz CT molecular complexity index is 584. The highest BCUT2D eigenvalue weighted by Gasteiger charge is 2.46. The van der Waals surface area contributed by atoms with E-state index in [1.54, 1.807) is 11.1 Å². The van der Waals surface area contributed by atoms with E-state index in [0.717, 1.165) is 18.5 Å². The summed E-state index contributed by atoms with van der Waals surface area (Å²) < 4.78 is 0. The van der Waals surface area contributed by atoms with Crippen LogP contribution in [0, 0.1) is 11.8 Å². The van der Waals surface area contributed by atoms with Crippen LogP contribution in [-0.4, -0.2) is 39.6 Å². The van der Waals surface area contributed by atoms with Crippen LogP contribution in [0.2, 0.25) is 0 Å². The second-order valence-corrected chi connectivity index (χ2v) is 7.27. The Morgan fingerprint density at radius 3 is 2.82 bits per heavy atom. The first-order valence-corrected chi connectivity index (χ1v) is 8.41. The van der Waals surface area contributed by atoms with Crippen LogP contribution in [0.1, 0.15) is 55.2 Å². The summed E-state index contributed by atoms with van der Waals surface area (Å²) in [7, 11) is 0. The van der Waals surface area contributed by atoms with Gasteiger partial charge < -0.3 is 10.0 Å². The molecule has 1 aliphatic carbocycles. The smallest absolute Gasteiger partial charge is 0.255 e. The van der Waals surface area contributed by atoms with Gasteiger partial charge in [-0.3, -0.25) is 9.78 Å². The summed E-state index contributed by atoms with van der Waals surface area (Å²) in [6.07, 6.45) is 6.13. The van der Waals surface area contributed by atoms with Gasteiger partial charge in [0.2, 0.25) is 0 Å². The summed E-state index contributed by atoms with van der Waals surface area (Å²) in [5.41, 5.74) is 2.26. The molecule has 0 aromatic carbocycles. The largest absolute Gasteiger partial charge is 0.387 e. The number of carbonyl (C=O) groups is 1. The number of aliphatic hydroxyl groups is 1. The predicted octanol–water partition coefficient (Wildman–Crippen LogP) is 2.44. The molecule has 1 amide bonds. The van der Waals surface area contributed by atoms with Gasteiger partial charge in [0, 0.05) is 24.4 Å². The average molecular weight is 302 g/mol. The number of β-amino-alcohol motifs (C(OH)–C–C–N with tert-alkyl or cyclic N) is 1. The molecular formula is C18H26N2O2. The summed E-state index contributed by atoms with van der Waals surface area (Å²) in [5.74, 6) is 0.244. The molecule has 3 rings (SSSR count).